The lowest BCUT2D eigenvalue weighted by Crippen LogP contribution is -2.42. The number of nitrogen functional groups attached to an aromatic ring is 1. The Balaban J connectivity index is 2.19. The Labute approximate surface area is 121 Å². The summed E-state index contributed by atoms with van der Waals surface area (Å²) in [5, 5.41) is 0. The lowest BCUT2D eigenvalue weighted by Gasteiger charge is -2.32. The zero-order chi connectivity index (χ0) is 14.9. The topological polar surface area (TPSA) is 72.2 Å². The van der Waals surface area contributed by atoms with Gasteiger partial charge in [0.05, 0.1) is 4.90 Å². The minimum absolute atomic E-state index is 0.0259. The van der Waals surface area contributed by atoms with E-state index < -0.39 is 10.0 Å². The van der Waals surface area contributed by atoms with E-state index in [1.807, 2.05) is 6.92 Å². The number of anilines is 1. The lowest BCUT2D eigenvalue weighted by atomic mass is 9.80. The molecule has 3 unspecified atom stereocenters. The molecular weight excluding hydrogens is 272 g/mol. The minimum Gasteiger partial charge on any atom is -0.399 e. The van der Waals surface area contributed by atoms with Gasteiger partial charge in [0.25, 0.3) is 0 Å². The molecule has 0 bridgehead atoms. The molecule has 0 radical (unpaired) electrons. The number of hydrogen-bond acceptors (Lipinski definition) is 3. The third-order valence-corrected chi connectivity index (χ3v) is 5.59. The predicted molar refractivity (Wildman–Crippen MR) is 81.9 cm³/mol. The van der Waals surface area contributed by atoms with Gasteiger partial charge in [0.2, 0.25) is 10.0 Å². The molecule has 1 aliphatic rings. The second-order valence-electron chi connectivity index (χ2n) is 6.20. The van der Waals surface area contributed by atoms with Gasteiger partial charge in [0, 0.05) is 11.7 Å². The largest absolute Gasteiger partial charge is 0.399 e. The van der Waals surface area contributed by atoms with Crippen LogP contribution in [0.15, 0.2) is 23.1 Å². The number of hydrogen-bond donors (Lipinski definition) is 2. The van der Waals surface area contributed by atoms with Crippen molar-refractivity contribution in [3.63, 3.8) is 0 Å². The molecule has 0 aromatic heterocycles. The maximum Gasteiger partial charge on any atom is 0.240 e. The van der Waals surface area contributed by atoms with Crippen molar-refractivity contribution in [1.29, 1.82) is 0 Å². The van der Waals surface area contributed by atoms with E-state index >= 15 is 0 Å². The van der Waals surface area contributed by atoms with Crippen LogP contribution in [0.5, 0.6) is 0 Å². The van der Waals surface area contributed by atoms with Crippen LogP contribution in [0.4, 0.5) is 5.69 Å². The molecule has 1 saturated carbocycles. The van der Waals surface area contributed by atoms with Crippen LogP contribution >= 0.6 is 0 Å². The first-order valence-corrected chi connectivity index (χ1v) is 8.66. The molecule has 3 atom stereocenters. The van der Waals surface area contributed by atoms with Gasteiger partial charge in [0.1, 0.15) is 0 Å². The van der Waals surface area contributed by atoms with E-state index in [0.29, 0.717) is 17.5 Å². The molecule has 0 aliphatic heterocycles. The summed E-state index contributed by atoms with van der Waals surface area (Å²) in [5.41, 5.74) is 7.08. The fraction of sp³-hybridized carbons (Fsp3) is 0.600. The summed E-state index contributed by atoms with van der Waals surface area (Å²) in [6.07, 6.45) is 3.06. The van der Waals surface area contributed by atoms with Crippen molar-refractivity contribution in [2.45, 2.75) is 51.0 Å². The molecular formula is C15H24N2O2S. The van der Waals surface area contributed by atoms with E-state index in [-0.39, 0.29) is 10.9 Å². The van der Waals surface area contributed by atoms with Crippen molar-refractivity contribution in [2.75, 3.05) is 5.73 Å². The van der Waals surface area contributed by atoms with Gasteiger partial charge >= 0.3 is 0 Å². The van der Waals surface area contributed by atoms with Crippen LogP contribution in [0.2, 0.25) is 0 Å². The van der Waals surface area contributed by atoms with E-state index in [1.54, 1.807) is 12.1 Å². The quantitative estimate of drug-likeness (QED) is 0.842. The standard InChI is InChI=1S/C15H24N2O2S/c1-10-4-5-15(12(3)6-10)17-20(18,19)14-8-11(2)7-13(16)9-14/h7-10,12,15,17H,4-6,16H2,1-3H3. The predicted octanol–water partition coefficient (Wildman–Crippen LogP) is 2.68. The third kappa shape index (κ3) is 3.52. The Hall–Kier alpha value is -1.07. The van der Waals surface area contributed by atoms with Crippen LogP contribution in [0.25, 0.3) is 0 Å². The fourth-order valence-corrected chi connectivity index (χ4v) is 4.56. The van der Waals surface area contributed by atoms with E-state index in [2.05, 4.69) is 18.6 Å². The van der Waals surface area contributed by atoms with E-state index in [0.717, 1.165) is 24.8 Å². The average Bonchev–Trinajstić information content (AvgIpc) is 2.31. The monoisotopic (exact) mass is 296 g/mol. The van der Waals surface area contributed by atoms with E-state index in [4.69, 9.17) is 5.73 Å². The van der Waals surface area contributed by atoms with Gasteiger partial charge in [0.15, 0.2) is 0 Å². The highest BCUT2D eigenvalue weighted by Gasteiger charge is 2.29. The van der Waals surface area contributed by atoms with E-state index in [9.17, 15) is 8.42 Å². The summed E-state index contributed by atoms with van der Waals surface area (Å²) >= 11 is 0. The normalized spacial score (nSPS) is 27.4. The first kappa shape index (κ1) is 15.3. The van der Waals surface area contributed by atoms with Crippen LogP contribution in [0, 0.1) is 18.8 Å². The Kier molecular flexibility index (Phi) is 4.39. The number of sulfonamides is 1. The van der Waals surface area contributed by atoms with Gasteiger partial charge < -0.3 is 5.73 Å². The average molecular weight is 296 g/mol. The maximum absolute atomic E-state index is 12.5. The lowest BCUT2D eigenvalue weighted by molar-refractivity contribution is 0.249. The molecule has 5 heteroatoms. The molecule has 0 spiro atoms. The fourth-order valence-electron chi connectivity index (χ4n) is 3.04. The summed E-state index contributed by atoms with van der Waals surface area (Å²) in [4.78, 5) is 0.265. The highest BCUT2D eigenvalue weighted by Crippen LogP contribution is 2.29. The highest BCUT2D eigenvalue weighted by atomic mass is 32.2. The van der Waals surface area contributed by atoms with Gasteiger partial charge in [-0.1, -0.05) is 13.8 Å². The van der Waals surface area contributed by atoms with Gasteiger partial charge in [-0.05, 0) is 61.8 Å². The van der Waals surface area contributed by atoms with Crippen molar-refractivity contribution < 1.29 is 8.42 Å². The first-order valence-electron chi connectivity index (χ1n) is 7.17. The zero-order valence-electron chi connectivity index (χ0n) is 12.4. The SMILES string of the molecule is Cc1cc(N)cc(S(=O)(=O)NC2CCC(C)CC2C)c1. The first-order chi connectivity index (χ1) is 9.28. The molecule has 0 saturated heterocycles. The number of aryl methyl sites for hydroxylation is 1. The van der Waals surface area contributed by atoms with Gasteiger partial charge in [-0.15, -0.1) is 0 Å². The molecule has 1 aromatic carbocycles. The molecule has 1 aromatic rings. The molecule has 0 heterocycles. The third-order valence-electron chi connectivity index (χ3n) is 4.12. The highest BCUT2D eigenvalue weighted by molar-refractivity contribution is 7.89. The maximum atomic E-state index is 12.5. The molecule has 0 amide bonds. The van der Waals surface area contributed by atoms with Crippen LogP contribution in [-0.4, -0.2) is 14.5 Å². The molecule has 20 heavy (non-hydrogen) atoms. The minimum atomic E-state index is -3.49. The second-order valence-corrected chi connectivity index (χ2v) is 7.92. The molecule has 1 fully saturated rings. The molecule has 112 valence electrons. The number of rotatable bonds is 3. The van der Waals surface area contributed by atoms with Crippen molar-refractivity contribution in [3.8, 4) is 0 Å². The molecule has 2 rings (SSSR count). The van der Waals surface area contributed by atoms with Crippen molar-refractivity contribution in [3.05, 3.63) is 23.8 Å². The van der Waals surface area contributed by atoms with Crippen molar-refractivity contribution in [2.24, 2.45) is 11.8 Å². The molecule has 1 aliphatic carbocycles. The van der Waals surface area contributed by atoms with E-state index in [1.165, 1.54) is 6.07 Å². The van der Waals surface area contributed by atoms with Crippen molar-refractivity contribution in [1.82, 2.24) is 4.72 Å². The second kappa shape index (κ2) is 5.74. The Bertz CT molecular complexity index is 563. The van der Waals surface area contributed by atoms with Gasteiger partial charge in [-0.2, -0.15) is 0 Å². The summed E-state index contributed by atoms with van der Waals surface area (Å²) < 4.78 is 27.8. The molecule has 3 N–H and O–H groups in total. The van der Waals surface area contributed by atoms with Crippen LogP contribution < -0.4 is 10.5 Å². The Morgan fingerprint density at radius 1 is 1.20 bits per heavy atom. The summed E-state index contributed by atoms with van der Waals surface area (Å²) in [5.74, 6) is 1.05. The number of nitrogens with one attached hydrogen (secondary N) is 1. The van der Waals surface area contributed by atoms with Crippen LogP contribution in [0.1, 0.15) is 38.7 Å². The number of nitrogens with two attached hydrogens (primary N) is 1. The number of benzene rings is 1. The van der Waals surface area contributed by atoms with Gasteiger partial charge in [-0.25, -0.2) is 13.1 Å². The van der Waals surface area contributed by atoms with Crippen LogP contribution in [0.3, 0.4) is 0 Å². The Morgan fingerprint density at radius 2 is 1.90 bits per heavy atom. The molecule has 4 nitrogen and oxygen atoms in total. The smallest absolute Gasteiger partial charge is 0.240 e. The van der Waals surface area contributed by atoms with Crippen molar-refractivity contribution >= 4 is 15.7 Å². The van der Waals surface area contributed by atoms with Crippen LogP contribution in [-0.2, 0) is 10.0 Å². The summed E-state index contributed by atoms with van der Waals surface area (Å²) in [7, 11) is -3.49. The summed E-state index contributed by atoms with van der Waals surface area (Å²) in [6.45, 7) is 6.19. The Morgan fingerprint density at radius 3 is 2.50 bits per heavy atom. The van der Waals surface area contributed by atoms with Gasteiger partial charge in [-0.3, -0.25) is 0 Å². The zero-order valence-corrected chi connectivity index (χ0v) is 13.2. The summed E-state index contributed by atoms with van der Waals surface area (Å²) in [6, 6.07) is 4.97.